The van der Waals surface area contributed by atoms with Gasteiger partial charge in [-0.15, -0.1) is 22.7 Å². The summed E-state index contributed by atoms with van der Waals surface area (Å²) in [5.74, 6) is -0.664. The van der Waals surface area contributed by atoms with E-state index in [1.807, 2.05) is 17.5 Å². The molecule has 166 valence electrons. The number of aryl methyl sites for hydroxylation is 1. The SMILES string of the molecule is CCOC(=O)c1sc2nc(SCc3c(F)cccc3Cl)n(Cc3cccs3)c(=O)c2c1C. The number of benzene rings is 1. The van der Waals surface area contributed by atoms with Gasteiger partial charge >= 0.3 is 5.97 Å². The van der Waals surface area contributed by atoms with Crippen LogP contribution in [0.2, 0.25) is 5.02 Å². The van der Waals surface area contributed by atoms with E-state index in [0.717, 1.165) is 16.2 Å². The highest BCUT2D eigenvalue weighted by molar-refractivity contribution is 7.98. The fourth-order valence-electron chi connectivity index (χ4n) is 3.20. The van der Waals surface area contributed by atoms with E-state index in [2.05, 4.69) is 0 Å². The van der Waals surface area contributed by atoms with Crippen molar-refractivity contribution in [1.82, 2.24) is 9.55 Å². The van der Waals surface area contributed by atoms with Crippen molar-refractivity contribution in [2.75, 3.05) is 6.61 Å². The molecule has 0 amide bonds. The topological polar surface area (TPSA) is 61.2 Å². The summed E-state index contributed by atoms with van der Waals surface area (Å²) in [4.78, 5) is 32.4. The molecule has 4 rings (SSSR count). The molecule has 0 atom stereocenters. The molecule has 0 fully saturated rings. The minimum atomic E-state index is -0.468. The molecule has 10 heteroatoms. The molecule has 4 aromatic rings. The van der Waals surface area contributed by atoms with Gasteiger partial charge in [0.25, 0.3) is 5.56 Å². The monoisotopic (exact) mass is 508 g/mol. The van der Waals surface area contributed by atoms with E-state index in [4.69, 9.17) is 21.3 Å². The third-order valence-corrected chi connectivity index (χ3v) is 8.16. The van der Waals surface area contributed by atoms with E-state index in [1.165, 1.54) is 29.2 Å². The molecule has 0 N–H and O–H groups in total. The van der Waals surface area contributed by atoms with Gasteiger partial charge in [0.1, 0.15) is 15.5 Å². The molecular weight excluding hydrogens is 491 g/mol. The summed E-state index contributed by atoms with van der Waals surface area (Å²) < 4.78 is 21.0. The highest BCUT2D eigenvalue weighted by Gasteiger charge is 2.23. The average Bonchev–Trinajstić information content (AvgIpc) is 3.38. The highest BCUT2D eigenvalue weighted by Crippen LogP contribution is 2.32. The first-order chi connectivity index (χ1) is 15.4. The lowest BCUT2D eigenvalue weighted by molar-refractivity contribution is 0.0531. The second-order valence-corrected chi connectivity index (χ2v) is 10.2. The highest BCUT2D eigenvalue weighted by atomic mass is 35.5. The number of nitrogens with zero attached hydrogens (tertiary/aromatic N) is 2. The molecular formula is C22H18ClFN2O3S3. The maximum atomic E-state index is 14.3. The van der Waals surface area contributed by atoms with E-state index >= 15 is 0 Å². The Balaban J connectivity index is 1.82. The third kappa shape index (κ3) is 4.47. The van der Waals surface area contributed by atoms with Crippen LogP contribution >= 0.6 is 46.0 Å². The van der Waals surface area contributed by atoms with Gasteiger partial charge in [0, 0.05) is 21.2 Å². The van der Waals surface area contributed by atoms with E-state index in [-0.39, 0.29) is 17.9 Å². The summed E-state index contributed by atoms with van der Waals surface area (Å²) in [6.07, 6.45) is 0. The van der Waals surface area contributed by atoms with Crippen LogP contribution in [0, 0.1) is 12.7 Å². The molecule has 0 aliphatic heterocycles. The maximum Gasteiger partial charge on any atom is 0.348 e. The van der Waals surface area contributed by atoms with Crippen molar-refractivity contribution in [3.05, 3.63) is 77.8 Å². The van der Waals surface area contributed by atoms with Gasteiger partial charge in [-0.05, 0) is 43.0 Å². The normalized spacial score (nSPS) is 11.2. The number of thiophene rings is 2. The number of aromatic nitrogens is 2. The lowest BCUT2D eigenvalue weighted by atomic mass is 10.2. The lowest BCUT2D eigenvalue weighted by Gasteiger charge is -2.12. The van der Waals surface area contributed by atoms with Crippen LogP contribution in [0.5, 0.6) is 0 Å². The van der Waals surface area contributed by atoms with Crippen LogP contribution in [0.25, 0.3) is 10.2 Å². The largest absolute Gasteiger partial charge is 0.462 e. The van der Waals surface area contributed by atoms with Gasteiger partial charge in [0.15, 0.2) is 5.16 Å². The van der Waals surface area contributed by atoms with Crippen molar-refractivity contribution < 1.29 is 13.9 Å². The maximum absolute atomic E-state index is 14.3. The summed E-state index contributed by atoms with van der Waals surface area (Å²) >= 11 is 10.1. The molecule has 1 aromatic carbocycles. The van der Waals surface area contributed by atoms with Gasteiger partial charge in [0.05, 0.1) is 18.5 Å². The van der Waals surface area contributed by atoms with E-state index < -0.39 is 11.8 Å². The first-order valence-electron chi connectivity index (χ1n) is 9.69. The summed E-state index contributed by atoms with van der Waals surface area (Å²) in [6.45, 7) is 4.04. The molecule has 0 spiro atoms. The summed E-state index contributed by atoms with van der Waals surface area (Å²) in [5.41, 5.74) is 0.676. The number of hydrogen-bond acceptors (Lipinski definition) is 7. The van der Waals surface area contributed by atoms with Crippen LogP contribution in [0.4, 0.5) is 4.39 Å². The summed E-state index contributed by atoms with van der Waals surface area (Å²) in [7, 11) is 0. The van der Waals surface area contributed by atoms with Crippen LogP contribution in [-0.4, -0.2) is 22.1 Å². The van der Waals surface area contributed by atoms with Crippen molar-refractivity contribution in [2.45, 2.75) is 31.3 Å². The van der Waals surface area contributed by atoms with Crippen LogP contribution < -0.4 is 5.56 Å². The molecule has 5 nitrogen and oxygen atoms in total. The molecule has 0 radical (unpaired) electrons. The van der Waals surface area contributed by atoms with E-state index in [9.17, 15) is 14.0 Å². The first kappa shape index (κ1) is 23.0. The zero-order valence-electron chi connectivity index (χ0n) is 17.2. The molecule has 0 aliphatic carbocycles. The summed E-state index contributed by atoms with van der Waals surface area (Å²) in [6, 6.07) is 8.38. The number of carbonyl (C=O) groups is 1. The van der Waals surface area contributed by atoms with Gasteiger partial charge in [0.2, 0.25) is 0 Å². The van der Waals surface area contributed by atoms with Crippen molar-refractivity contribution in [1.29, 1.82) is 0 Å². The van der Waals surface area contributed by atoms with Crippen molar-refractivity contribution in [3.63, 3.8) is 0 Å². The Morgan fingerprint density at radius 3 is 2.81 bits per heavy atom. The number of halogens is 2. The second-order valence-electron chi connectivity index (χ2n) is 6.81. The number of fused-ring (bicyclic) bond motifs is 1. The van der Waals surface area contributed by atoms with Crippen LogP contribution in [0.1, 0.15) is 32.6 Å². The van der Waals surface area contributed by atoms with Crippen LogP contribution in [0.3, 0.4) is 0 Å². The summed E-state index contributed by atoms with van der Waals surface area (Å²) in [5, 5.41) is 3.10. The lowest BCUT2D eigenvalue weighted by Crippen LogP contribution is -2.23. The standard InChI is InChI=1S/C22H18ClFN2O3S3/c1-3-29-21(28)18-12(2)17-19(32-18)25-22(26(20(17)27)10-13-6-5-9-30-13)31-11-14-15(23)7-4-8-16(14)24/h4-9H,3,10-11H2,1-2H3. The molecule has 0 aliphatic rings. The molecule has 3 aromatic heterocycles. The number of rotatable bonds is 7. The Labute approximate surface area is 200 Å². The van der Waals surface area contributed by atoms with Crippen molar-refractivity contribution >= 4 is 62.2 Å². The predicted octanol–water partition coefficient (Wildman–Crippen LogP) is 6.14. The Kier molecular flexibility index (Phi) is 6.99. The minimum Gasteiger partial charge on any atom is -0.462 e. The van der Waals surface area contributed by atoms with Crippen molar-refractivity contribution in [3.8, 4) is 0 Å². The Morgan fingerprint density at radius 2 is 2.12 bits per heavy atom. The third-order valence-electron chi connectivity index (χ3n) is 4.78. The van der Waals surface area contributed by atoms with Gasteiger partial charge in [-0.3, -0.25) is 9.36 Å². The van der Waals surface area contributed by atoms with Gasteiger partial charge < -0.3 is 4.74 Å². The zero-order chi connectivity index (χ0) is 22.8. The quantitative estimate of drug-likeness (QED) is 0.170. The van der Waals surface area contributed by atoms with Gasteiger partial charge in [-0.2, -0.15) is 0 Å². The van der Waals surface area contributed by atoms with Gasteiger partial charge in [-0.25, -0.2) is 14.2 Å². The number of carbonyl (C=O) groups excluding carboxylic acids is 1. The molecule has 0 saturated heterocycles. The smallest absolute Gasteiger partial charge is 0.348 e. The number of esters is 1. The Morgan fingerprint density at radius 1 is 1.31 bits per heavy atom. The van der Waals surface area contributed by atoms with Gasteiger partial charge in [-0.1, -0.05) is 35.5 Å². The fourth-order valence-corrected chi connectivity index (χ4v) is 6.36. The van der Waals surface area contributed by atoms with E-state index in [1.54, 1.807) is 30.5 Å². The van der Waals surface area contributed by atoms with Crippen molar-refractivity contribution in [2.24, 2.45) is 0 Å². The molecule has 32 heavy (non-hydrogen) atoms. The zero-order valence-corrected chi connectivity index (χ0v) is 20.4. The first-order valence-corrected chi connectivity index (χ1v) is 12.8. The van der Waals surface area contributed by atoms with Crippen LogP contribution in [-0.2, 0) is 17.0 Å². The second kappa shape index (κ2) is 9.74. The molecule has 0 unspecified atom stereocenters. The minimum absolute atomic E-state index is 0.211. The number of hydrogen-bond donors (Lipinski definition) is 0. The Bertz CT molecular complexity index is 1330. The Hall–Kier alpha value is -2.20. The molecule has 0 saturated carbocycles. The van der Waals surface area contributed by atoms with Crippen LogP contribution in [0.15, 0.2) is 45.7 Å². The number of ether oxygens (including phenoxy) is 1. The number of thioether (sulfide) groups is 1. The van der Waals surface area contributed by atoms with E-state index in [0.29, 0.717) is 42.9 Å². The average molecular weight is 509 g/mol. The fraction of sp³-hybridized carbons (Fsp3) is 0.227. The molecule has 0 bridgehead atoms. The predicted molar refractivity (Wildman–Crippen MR) is 129 cm³/mol. The molecule has 3 heterocycles.